The van der Waals surface area contributed by atoms with E-state index in [-0.39, 0.29) is 5.91 Å². The van der Waals surface area contributed by atoms with Gasteiger partial charge in [0.1, 0.15) is 29.0 Å². The number of nitrogens with zero attached hydrogens (tertiary/aromatic N) is 1. The summed E-state index contributed by atoms with van der Waals surface area (Å²) in [7, 11) is 1.62. The van der Waals surface area contributed by atoms with E-state index in [2.05, 4.69) is 0 Å². The molecule has 8 heteroatoms. The molecule has 31 heavy (non-hydrogen) atoms. The maximum absolute atomic E-state index is 12.4. The van der Waals surface area contributed by atoms with Gasteiger partial charge in [-0.05, 0) is 49.8 Å². The summed E-state index contributed by atoms with van der Waals surface area (Å²) in [5.41, 5.74) is 0.847. The Labute approximate surface area is 192 Å². The number of likely N-dealkylation sites (N-methyl/N-ethyl adjacent to an activating group) is 1. The molecule has 0 aromatic heterocycles. The molecule has 2 aromatic carbocycles. The van der Waals surface area contributed by atoms with Gasteiger partial charge in [0, 0.05) is 12.6 Å². The first kappa shape index (κ1) is 23.0. The maximum atomic E-state index is 12.4. The maximum Gasteiger partial charge on any atom is 0.266 e. The largest absolute Gasteiger partial charge is 0.497 e. The van der Waals surface area contributed by atoms with Crippen LogP contribution in [0, 0.1) is 0 Å². The van der Waals surface area contributed by atoms with Crippen molar-refractivity contribution in [3.05, 3.63) is 52.9 Å². The Morgan fingerprint density at radius 3 is 2.48 bits per heavy atom. The lowest BCUT2D eigenvalue weighted by Crippen LogP contribution is -2.27. The van der Waals surface area contributed by atoms with Crippen molar-refractivity contribution in [1.29, 1.82) is 0 Å². The topological polar surface area (TPSA) is 57.2 Å². The minimum Gasteiger partial charge on any atom is -0.497 e. The normalized spacial score (nSPS) is 14.8. The Balaban J connectivity index is 1.64. The summed E-state index contributed by atoms with van der Waals surface area (Å²) >= 11 is 6.58. The number of hydrogen-bond acceptors (Lipinski definition) is 7. The lowest BCUT2D eigenvalue weighted by Gasteiger charge is -2.13. The van der Waals surface area contributed by atoms with Crippen molar-refractivity contribution in [2.75, 3.05) is 33.5 Å². The number of amides is 1. The van der Waals surface area contributed by atoms with E-state index in [1.807, 2.05) is 62.4 Å². The average Bonchev–Trinajstić information content (AvgIpc) is 3.04. The fourth-order valence-corrected chi connectivity index (χ4v) is 4.31. The fraction of sp³-hybridized carbons (Fsp3) is 0.304. The molecule has 0 radical (unpaired) electrons. The Bertz CT molecular complexity index is 976. The standard InChI is InChI=1S/C23H25NO5S2/c1-4-24-22(25)21(31-23(24)30)14-16-9-10-19(20(13-16)27-5-2)29-12-11-28-18-8-6-7-17(15-18)26-3/h6-10,13-15H,4-5,11-12H2,1-3H3/b21-14+. The van der Waals surface area contributed by atoms with Crippen LogP contribution in [0.4, 0.5) is 0 Å². The first-order chi connectivity index (χ1) is 15.0. The molecule has 1 aliphatic heterocycles. The zero-order chi connectivity index (χ0) is 22.2. The molecule has 0 unspecified atom stereocenters. The molecule has 1 fully saturated rings. The Morgan fingerprint density at radius 2 is 1.77 bits per heavy atom. The number of rotatable bonds is 10. The van der Waals surface area contributed by atoms with Crippen LogP contribution in [0.15, 0.2) is 47.4 Å². The summed E-state index contributed by atoms with van der Waals surface area (Å²) in [5.74, 6) is 2.62. The van der Waals surface area contributed by atoms with E-state index in [0.29, 0.717) is 52.8 Å². The average molecular weight is 460 g/mol. The van der Waals surface area contributed by atoms with Gasteiger partial charge in [-0.2, -0.15) is 0 Å². The molecule has 6 nitrogen and oxygen atoms in total. The molecule has 1 amide bonds. The van der Waals surface area contributed by atoms with Gasteiger partial charge in [0.2, 0.25) is 0 Å². The molecular formula is C23H25NO5S2. The molecule has 0 bridgehead atoms. The highest BCUT2D eigenvalue weighted by atomic mass is 32.2. The molecule has 0 aliphatic carbocycles. The first-order valence-electron chi connectivity index (χ1n) is 9.97. The Kier molecular flexibility index (Phi) is 8.20. The van der Waals surface area contributed by atoms with Gasteiger partial charge >= 0.3 is 0 Å². The summed E-state index contributed by atoms with van der Waals surface area (Å²) < 4.78 is 23.1. The van der Waals surface area contributed by atoms with E-state index in [4.69, 9.17) is 31.2 Å². The molecule has 164 valence electrons. The minimum atomic E-state index is -0.0644. The number of hydrogen-bond donors (Lipinski definition) is 0. The van der Waals surface area contributed by atoms with Crippen molar-refractivity contribution in [3.63, 3.8) is 0 Å². The molecule has 2 aromatic rings. The predicted octanol–water partition coefficient (Wildman–Crippen LogP) is 4.77. The minimum absolute atomic E-state index is 0.0644. The van der Waals surface area contributed by atoms with Gasteiger partial charge in [0.25, 0.3) is 5.91 Å². The van der Waals surface area contributed by atoms with Gasteiger partial charge in [0.15, 0.2) is 11.5 Å². The fourth-order valence-electron chi connectivity index (χ4n) is 2.93. The lowest BCUT2D eigenvalue weighted by molar-refractivity contribution is -0.121. The third kappa shape index (κ3) is 5.92. The van der Waals surface area contributed by atoms with Crippen LogP contribution in [0.5, 0.6) is 23.0 Å². The van der Waals surface area contributed by atoms with Gasteiger partial charge in [-0.25, -0.2) is 0 Å². The molecule has 0 atom stereocenters. The van der Waals surface area contributed by atoms with E-state index in [0.717, 1.165) is 11.3 Å². The second-order valence-corrected chi connectivity index (χ2v) is 8.12. The van der Waals surface area contributed by atoms with Gasteiger partial charge < -0.3 is 18.9 Å². The Morgan fingerprint density at radius 1 is 1.00 bits per heavy atom. The number of thioether (sulfide) groups is 1. The van der Waals surface area contributed by atoms with Crippen molar-refractivity contribution in [3.8, 4) is 23.0 Å². The van der Waals surface area contributed by atoms with Crippen LogP contribution < -0.4 is 18.9 Å². The van der Waals surface area contributed by atoms with Crippen LogP contribution in [0.25, 0.3) is 6.08 Å². The first-order valence-corrected chi connectivity index (χ1v) is 11.2. The summed E-state index contributed by atoms with van der Waals surface area (Å²) in [5, 5.41) is 0. The van der Waals surface area contributed by atoms with E-state index in [1.165, 1.54) is 11.8 Å². The van der Waals surface area contributed by atoms with E-state index in [9.17, 15) is 4.79 Å². The molecule has 1 aliphatic rings. The number of thiocarbonyl (C=S) groups is 1. The lowest BCUT2D eigenvalue weighted by atomic mass is 10.2. The molecule has 1 saturated heterocycles. The number of carbonyl (C=O) groups is 1. The second kappa shape index (κ2) is 11.1. The highest BCUT2D eigenvalue weighted by molar-refractivity contribution is 8.26. The predicted molar refractivity (Wildman–Crippen MR) is 127 cm³/mol. The number of benzene rings is 2. The van der Waals surface area contributed by atoms with E-state index < -0.39 is 0 Å². The zero-order valence-electron chi connectivity index (χ0n) is 17.8. The second-order valence-electron chi connectivity index (χ2n) is 6.44. The van der Waals surface area contributed by atoms with E-state index >= 15 is 0 Å². The van der Waals surface area contributed by atoms with Gasteiger partial charge in [-0.1, -0.05) is 36.1 Å². The van der Waals surface area contributed by atoms with Crippen molar-refractivity contribution < 1.29 is 23.7 Å². The van der Waals surface area contributed by atoms with Crippen LogP contribution in [-0.2, 0) is 4.79 Å². The van der Waals surface area contributed by atoms with E-state index in [1.54, 1.807) is 12.0 Å². The monoisotopic (exact) mass is 459 g/mol. The highest BCUT2D eigenvalue weighted by Gasteiger charge is 2.30. The van der Waals surface area contributed by atoms with Crippen LogP contribution in [0.1, 0.15) is 19.4 Å². The van der Waals surface area contributed by atoms with Crippen LogP contribution >= 0.6 is 24.0 Å². The van der Waals surface area contributed by atoms with Crippen molar-refractivity contribution in [2.24, 2.45) is 0 Å². The number of ether oxygens (including phenoxy) is 4. The summed E-state index contributed by atoms with van der Waals surface area (Å²) in [6, 6.07) is 13.0. The van der Waals surface area contributed by atoms with Crippen LogP contribution in [-0.4, -0.2) is 48.6 Å². The quantitative estimate of drug-likeness (QED) is 0.288. The van der Waals surface area contributed by atoms with Gasteiger partial charge in [-0.3, -0.25) is 9.69 Å². The van der Waals surface area contributed by atoms with Gasteiger partial charge in [-0.15, -0.1) is 0 Å². The Hall–Kier alpha value is -2.71. The van der Waals surface area contributed by atoms with Gasteiger partial charge in [0.05, 0.1) is 18.6 Å². The number of methoxy groups -OCH3 is 1. The van der Waals surface area contributed by atoms with Crippen LogP contribution in [0.2, 0.25) is 0 Å². The molecule has 0 N–H and O–H groups in total. The van der Waals surface area contributed by atoms with Crippen molar-refractivity contribution in [2.45, 2.75) is 13.8 Å². The summed E-state index contributed by atoms with van der Waals surface area (Å²) in [6.07, 6.45) is 1.83. The molecule has 3 rings (SSSR count). The molecule has 0 spiro atoms. The smallest absolute Gasteiger partial charge is 0.266 e. The molecule has 1 heterocycles. The van der Waals surface area contributed by atoms with Crippen LogP contribution in [0.3, 0.4) is 0 Å². The van der Waals surface area contributed by atoms with Crippen molar-refractivity contribution in [1.82, 2.24) is 4.90 Å². The SMILES string of the molecule is CCOc1cc(/C=C2/SC(=S)N(CC)C2=O)ccc1OCCOc1cccc(OC)c1. The zero-order valence-corrected chi connectivity index (χ0v) is 19.4. The third-order valence-corrected chi connectivity index (χ3v) is 5.78. The summed E-state index contributed by atoms with van der Waals surface area (Å²) in [4.78, 5) is 14.6. The van der Waals surface area contributed by atoms with Crippen molar-refractivity contribution >= 4 is 40.3 Å². The molecule has 0 saturated carbocycles. The molecular weight excluding hydrogens is 434 g/mol. The number of carbonyl (C=O) groups excluding carboxylic acids is 1. The summed E-state index contributed by atoms with van der Waals surface area (Å²) in [6.45, 7) is 5.61. The highest BCUT2D eigenvalue weighted by Crippen LogP contribution is 2.34. The third-order valence-electron chi connectivity index (χ3n) is 4.41.